The van der Waals surface area contributed by atoms with E-state index in [4.69, 9.17) is 0 Å². The lowest BCUT2D eigenvalue weighted by Gasteiger charge is -2.09. The van der Waals surface area contributed by atoms with Gasteiger partial charge < -0.3 is 10.6 Å². The molecule has 30 heavy (non-hydrogen) atoms. The summed E-state index contributed by atoms with van der Waals surface area (Å²) in [5.41, 5.74) is 6.63. The van der Waals surface area contributed by atoms with Gasteiger partial charge in [0.1, 0.15) is 0 Å². The fourth-order valence-electron chi connectivity index (χ4n) is 3.42. The molecule has 4 aromatic rings. The average Bonchev–Trinajstić information content (AvgIpc) is 3.07. The van der Waals surface area contributed by atoms with Gasteiger partial charge in [0.15, 0.2) is 0 Å². The molecule has 5 nitrogen and oxygen atoms in total. The van der Waals surface area contributed by atoms with Crippen molar-refractivity contribution in [1.29, 1.82) is 0 Å². The Hall–Kier alpha value is -3.86. The molecular formula is C25H24N4O. The normalized spacial score (nSPS) is 10.6. The predicted molar refractivity (Wildman–Crippen MR) is 122 cm³/mol. The van der Waals surface area contributed by atoms with Crippen molar-refractivity contribution in [3.63, 3.8) is 0 Å². The lowest BCUT2D eigenvalue weighted by atomic mass is 10.1. The standard InChI is InChI=1S/C25H24N4O/c1-18-25(19(2)29(28-18)23-11-7-4-8-12-23)27-24(30)17-26-22-15-13-21(14-16-22)20-9-5-3-6-10-20/h3-16,26H,17H2,1-2H3,(H,27,30). The lowest BCUT2D eigenvalue weighted by Crippen LogP contribution is -2.22. The Morgan fingerprint density at radius 2 is 1.43 bits per heavy atom. The molecule has 0 fully saturated rings. The first-order valence-electron chi connectivity index (χ1n) is 9.92. The molecule has 5 heteroatoms. The molecule has 1 heterocycles. The van der Waals surface area contributed by atoms with Gasteiger partial charge in [-0.25, -0.2) is 4.68 Å². The highest BCUT2D eigenvalue weighted by Crippen LogP contribution is 2.23. The zero-order chi connectivity index (χ0) is 20.9. The molecule has 0 saturated carbocycles. The van der Waals surface area contributed by atoms with Gasteiger partial charge in [0, 0.05) is 5.69 Å². The predicted octanol–water partition coefficient (Wildman–Crippen LogP) is 5.21. The number of aromatic nitrogens is 2. The van der Waals surface area contributed by atoms with Crippen LogP contribution in [0, 0.1) is 13.8 Å². The van der Waals surface area contributed by atoms with Crippen molar-refractivity contribution < 1.29 is 4.79 Å². The molecule has 0 aliphatic rings. The van der Waals surface area contributed by atoms with Gasteiger partial charge in [-0.3, -0.25) is 4.79 Å². The fraction of sp³-hybridized carbons (Fsp3) is 0.120. The van der Waals surface area contributed by atoms with Crippen LogP contribution in [0.3, 0.4) is 0 Å². The molecule has 0 spiro atoms. The first-order valence-corrected chi connectivity index (χ1v) is 9.92. The molecule has 0 saturated heterocycles. The molecule has 0 radical (unpaired) electrons. The summed E-state index contributed by atoms with van der Waals surface area (Å²) in [4.78, 5) is 12.5. The molecule has 0 bridgehead atoms. The third-order valence-electron chi connectivity index (χ3n) is 5.00. The number of amides is 1. The third-order valence-corrected chi connectivity index (χ3v) is 5.00. The molecule has 3 aromatic carbocycles. The van der Waals surface area contributed by atoms with Crippen molar-refractivity contribution in [3.05, 3.63) is 96.3 Å². The number of anilines is 2. The Morgan fingerprint density at radius 3 is 2.10 bits per heavy atom. The van der Waals surface area contributed by atoms with Crippen molar-refractivity contribution in [2.45, 2.75) is 13.8 Å². The van der Waals surface area contributed by atoms with E-state index in [0.29, 0.717) is 0 Å². The monoisotopic (exact) mass is 396 g/mol. The van der Waals surface area contributed by atoms with Crippen LogP contribution in [0.2, 0.25) is 0 Å². The molecule has 150 valence electrons. The summed E-state index contributed by atoms with van der Waals surface area (Å²) < 4.78 is 1.85. The number of nitrogens with zero attached hydrogens (tertiary/aromatic N) is 2. The van der Waals surface area contributed by atoms with Gasteiger partial charge in [-0.2, -0.15) is 5.10 Å². The minimum atomic E-state index is -0.110. The van der Waals surface area contributed by atoms with Crippen LogP contribution in [0.15, 0.2) is 84.9 Å². The average molecular weight is 396 g/mol. The highest BCUT2D eigenvalue weighted by Gasteiger charge is 2.15. The maximum atomic E-state index is 12.5. The summed E-state index contributed by atoms with van der Waals surface area (Å²) in [5, 5.41) is 10.7. The third kappa shape index (κ3) is 4.25. The van der Waals surface area contributed by atoms with Gasteiger partial charge in [0.05, 0.1) is 29.3 Å². The maximum absolute atomic E-state index is 12.5. The molecule has 0 aliphatic heterocycles. The summed E-state index contributed by atoms with van der Waals surface area (Å²) in [6.07, 6.45) is 0. The number of rotatable bonds is 6. The second-order valence-electron chi connectivity index (χ2n) is 7.14. The van der Waals surface area contributed by atoms with Gasteiger partial charge in [0.2, 0.25) is 5.91 Å². The molecular weight excluding hydrogens is 372 g/mol. The number of hydrogen-bond acceptors (Lipinski definition) is 3. The summed E-state index contributed by atoms with van der Waals surface area (Å²) in [6, 6.07) is 28.2. The van der Waals surface area contributed by atoms with Crippen LogP contribution < -0.4 is 10.6 Å². The van der Waals surface area contributed by atoms with Crippen molar-refractivity contribution in [1.82, 2.24) is 9.78 Å². The summed E-state index contributed by atoms with van der Waals surface area (Å²) in [6.45, 7) is 4.04. The van der Waals surface area contributed by atoms with E-state index in [1.54, 1.807) is 0 Å². The van der Waals surface area contributed by atoms with Crippen LogP contribution in [-0.2, 0) is 4.79 Å². The topological polar surface area (TPSA) is 59.0 Å². The Balaban J connectivity index is 1.39. The molecule has 0 unspecified atom stereocenters. The highest BCUT2D eigenvalue weighted by molar-refractivity contribution is 5.94. The summed E-state index contributed by atoms with van der Waals surface area (Å²) >= 11 is 0. The van der Waals surface area contributed by atoms with E-state index in [2.05, 4.69) is 27.9 Å². The first kappa shape index (κ1) is 19.5. The number of carbonyl (C=O) groups excluding carboxylic acids is 1. The molecule has 0 atom stereocenters. The summed E-state index contributed by atoms with van der Waals surface area (Å²) in [5.74, 6) is -0.110. The second kappa shape index (κ2) is 8.66. The Kier molecular flexibility index (Phi) is 5.61. The van der Waals surface area contributed by atoms with Crippen LogP contribution in [0.4, 0.5) is 11.4 Å². The highest BCUT2D eigenvalue weighted by atomic mass is 16.1. The molecule has 2 N–H and O–H groups in total. The van der Waals surface area contributed by atoms with Crippen molar-refractivity contribution in [2.75, 3.05) is 17.2 Å². The maximum Gasteiger partial charge on any atom is 0.243 e. The van der Waals surface area contributed by atoms with Crippen LogP contribution in [-0.4, -0.2) is 22.2 Å². The second-order valence-corrected chi connectivity index (χ2v) is 7.14. The molecule has 1 aromatic heterocycles. The number of benzene rings is 3. The molecule has 1 amide bonds. The number of nitrogens with one attached hydrogen (secondary N) is 2. The van der Waals surface area contributed by atoms with Gasteiger partial charge >= 0.3 is 0 Å². The van der Waals surface area contributed by atoms with E-state index >= 15 is 0 Å². The number of carbonyl (C=O) groups is 1. The van der Waals surface area contributed by atoms with Gasteiger partial charge in [-0.1, -0.05) is 60.7 Å². The van der Waals surface area contributed by atoms with E-state index in [9.17, 15) is 4.79 Å². The Bertz CT molecular complexity index is 1130. The van der Waals surface area contributed by atoms with Crippen molar-refractivity contribution in [3.8, 4) is 16.8 Å². The van der Waals surface area contributed by atoms with Crippen LogP contribution >= 0.6 is 0 Å². The number of hydrogen-bond donors (Lipinski definition) is 2. The molecule has 4 rings (SSSR count). The Labute approximate surface area is 176 Å². The molecule has 0 aliphatic carbocycles. The van der Waals surface area contributed by atoms with Gasteiger partial charge in [-0.15, -0.1) is 0 Å². The van der Waals surface area contributed by atoms with Crippen LogP contribution in [0.1, 0.15) is 11.4 Å². The zero-order valence-electron chi connectivity index (χ0n) is 17.1. The first-order chi connectivity index (χ1) is 14.6. The number of aryl methyl sites for hydroxylation is 1. The van der Waals surface area contributed by atoms with E-state index in [1.165, 1.54) is 5.56 Å². The smallest absolute Gasteiger partial charge is 0.243 e. The van der Waals surface area contributed by atoms with E-state index in [1.807, 2.05) is 91.3 Å². The van der Waals surface area contributed by atoms with E-state index in [-0.39, 0.29) is 12.5 Å². The van der Waals surface area contributed by atoms with Gasteiger partial charge in [-0.05, 0) is 49.2 Å². The van der Waals surface area contributed by atoms with Gasteiger partial charge in [0.25, 0.3) is 0 Å². The number of para-hydroxylation sites is 1. The van der Waals surface area contributed by atoms with E-state index in [0.717, 1.165) is 34.0 Å². The summed E-state index contributed by atoms with van der Waals surface area (Å²) in [7, 11) is 0. The lowest BCUT2D eigenvalue weighted by molar-refractivity contribution is -0.114. The largest absolute Gasteiger partial charge is 0.376 e. The van der Waals surface area contributed by atoms with Crippen molar-refractivity contribution in [2.24, 2.45) is 0 Å². The SMILES string of the molecule is Cc1nn(-c2ccccc2)c(C)c1NC(=O)CNc1ccc(-c2ccccc2)cc1. The minimum absolute atomic E-state index is 0.110. The minimum Gasteiger partial charge on any atom is -0.376 e. The van der Waals surface area contributed by atoms with Crippen LogP contribution in [0.5, 0.6) is 0 Å². The Morgan fingerprint density at radius 1 is 0.833 bits per heavy atom. The quantitative estimate of drug-likeness (QED) is 0.471. The van der Waals surface area contributed by atoms with E-state index < -0.39 is 0 Å². The van der Waals surface area contributed by atoms with Crippen LogP contribution in [0.25, 0.3) is 16.8 Å². The zero-order valence-corrected chi connectivity index (χ0v) is 17.1. The fourth-order valence-corrected chi connectivity index (χ4v) is 3.42. The van der Waals surface area contributed by atoms with Crippen molar-refractivity contribution >= 4 is 17.3 Å².